The van der Waals surface area contributed by atoms with Crippen LogP contribution in [0.1, 0.15) is 5.69 Å². The molecular weight excluding hydrogens is 251 g/mol. The molecule has 6 heteroatoms. The Labute approximate surface area is 110 Å². The Morgan fingerprint density at radius 2 is 2.11 bits per heavy atom. The fraction of sp³-hybridized carbons (Fsp3) is 0.308. The van der Waals surface area contributed by atoms with Crippen molar-refractivity contribution in [3.63, 3.8) is 0 Å². The van der Waals surface area contributed by atoms with E-state index in [2.05, 4.69) is 15.0 Å². The van der Waals surface area contributed by atoms with Gasteiger partial charge in [-0.05, 0) is 24.3 Å². The molecule has 1 aromatic carbocycles. The lowest BCUT2D eigenvalue weighted by Crippen LogP contribution is -2.31. The summed E-state index contributed by atoms with van der Waals surface area (Å²) in [6.07, 6.45) is 0.836. The van der Waals surface area contributed by atoms with Gasteiger partial charge in [-0.25, -0.2) is 4.39 Å². The number of rotatable bonds is 7. The van der Waals surface area contributed by atoms with E-state index in [-0.39, 0.29) is 12.4 Å². The third-order valence-electron chi connectivity index (χ3n) is 2.43. The van der Waals surface area contributed by atoms with Gasteiger partial charge in [-0.15, -0.1) is 0 Å². The Balaban J connectivity index is 1.64. The Morgan fingerprint density at radius 3 is 2.79 bits per heavy atom. The van der Waals surface area contributed by atoms with Crippen molar-refractivity contribution in [2.24, 2.45) is 0 Å². The summed E-state index contributed by atoms with van der Waals surface area (Å²) < 4.78 is 22.7. The SMILES string of the molecule is OC(CNCc1ccon1)COc1ccc(F)cc1. The van der Waals surface area contributed by atoms with Crippen LogP contribution in [0.25, 0.3) is 0 Å². The minimum atomic E-state index is -0.656. The van der Waals surface area contributed by atoms with E-state index in [0.29, 0.717) is 18.8 Å². The van der Waals surface area contributed by atoms with E-state index in [9.17, 15) is 9.50 Å². The van der Waals surface area contributed by atoms with Gasteiger partial charge < -0.3 is 19.7 Å². The van der Waals surface area contributed by atoms with Crippen LogP contribution in [0.2, 0.25) is 0 Å². The van der Waals surface area contributed by atoms with E-state index in [4.69, 9.17) is 4.74 Å². The summed E-state index contributed by atoms with van der Waals surface area (Å²) in [5, 5.41) is 16.4. The molecule has 0 aliphatic heterocycles. The first-order valence-electron chi connectivity index (χ1n) is 5.90. The number of halogens is 1. The summed E-state index contributed by atoms with van der Waals surface area (Å²) in [6, 6.07) is 7.40. The average molecular weight is 266 g/mol. The molecule has 2 aromatic rings. The molecule has 5 nitrogen and oxygen atoms in total. The van der Waals surface area contributed by atoms with Crippen molar-refractivity contribution in [3.8, 4) is 5.75 Å². The van der Waals surface area contributed by atoms with Crippen LogP contribution in [0, 0.1) is 5.82 Å². The number of nitrogens with one attached hydrogen (secondary N) is 1. The molecule has 0 bridgehead atoms. The molecule has 0 amide bonds. The highest BCUT2D eigenvalue weighted by Gasteiger charge is 2.05. The van der Waals surface area contributed by atoms with Gasteiger partial charge in [-0.2, -0.15) is 0 Å². The maximum absolute atomic E-state index is 12.7. The fourth-order valence-corrected chi connectivity index (χ4v) is 1.48. The molecule has 0 aliphatic carbocycles. The summed E-state index contributed by atoms with van der Waals surface area (Å²) >= 11 is 0. The zero-order chi connectivity index (χ0) is 13.5. The molecule has 1 heterocycles. The number of hydrogen-bond donors (Lipinski definition) is 2. The number of nitrogens with zero attached hydrogens (tertiary/aromatic N) is 1. The predicted octanol–water partition coefficient (Wildman–Crippen LogP) is 1.34. The zero-order valence-electron chi connectivity index (χ0n) is 10.3. The van der Waals surface area contributed by atoms with Crippen molar-refractivity contribution in [1.82, 2.24) is 10.5 Å². The molecule has 102 valence electrons. The van der Waals surface area contributed by atoms with Crippen LogP contribution in [0.4, 0.5) is 4.39 Å². The largest absolute Gasteiger partial charge is 0.491 e. The third kappa shape index (κ3) is 4.69. The highest BCUT2D eigenvalue weighted by Crippen LogP contribution is 2.11. The number of ether oxygens (including phenoxy) is 1. The zero-order valence-corrected chi connectivity index (χ0v) is 10.3. The molecular formula is C13H15FN2O3. The van der Waals surface area contributed by atoms with Crippen molar-refractivity contribution in [2.45, 2.75) is 12.6 Å². The topological polar surface area (TPSA) is 67.5 Å². The molecule has 0 aliphatic rings. The predicted molar refractivity (Wildman–Crippen MR) is 66.1 cm³/mol. The number of aliphatic hydroxyl groups is 1. The van der Waals surface area contributed by atoms with Crippen LogP contribution in [0.3, 0.4) is 0 Å². The Morgan fingerprint density at radius 1 is 1.32 bits per heavy atom. The van der Waals surface area contributed by atoms with Crippen LogP contribution in [-0.2, 0) is 6.54 Å². The summed E-state index contributed by atoms with van der Waals surface area (Å²) in [6.45, 7) is 1.02. The van der Waals surface area contributed by atoms with Crippen molar-refractivity contribution < 1.29 is 18.8 Å². The second kappa shape index (κ2) is 6.86. The van der Waals surface area contributed by atoms with Crippen LogP contribution < -0.4 is 10.1 Å². The number of hydrogen-bond acceptors (Lipinski definition) is 5. The lowest BCUT2D eigenvalue weighted by Gasteiger charge is -2.12. The molecule has 2 N–H and O–H groups in total. The highest BCUT2D eigenvalue weighted by molar-refractivity contribution is 5.22. The summed E-state index contributed by atoms with van der Waals surface area (Å²) in [5.74, 6) is 0.208. The maximum Gasteiger partial charge on any atom is 0.124 e. The van der Waals surface area contributed by atoms with Crippen molar-refractivity contribution >= 4 is 0 Å². The number of aromatic nitrogens is 1. The molecule has 0 saturated heterocycles. The molecule has 19 heavy (non-hydrogen) atoms. The van der Waals surface area contributed by atoms with Crippen molar-refractivity contribution in [2.75, 3.05) is 13.2 Å². The van der Waals surface area contributed by atoms with Gasteiger partial charge in [0.25, 0.3) is 0 Å². The Bertz CT molecular complexity index is 473. The van der Waals surface area contributed by atoms with Gasteiger partial charge in [-0.1, -0.05) is 5.16 Å². The normalized spacial score (nSPS) is 12.3. The third-order valence-corrected chi connectivity index (χ3v) is 2.43. The maximum atomic E-state index is 12.7. The molecule has 1 atom stereocenters. The quantitative estimate of drug-likeness (QED) is 0.791. The first-order chi connectivity index (χ1) is 9.24. The van der Waals surface area contributed by atoms with E-state index in [1.165, 1.54) is 30.5 Å². The van der Waals surface area contributed by atoms with E-state index >= 15 is 0 Å². The van der Waals surface area contributed by atoms with Gasteiger partial charge in [0.2, 0.25) is 0 Å². The highest BCUT2D eigenvalue weighted by atomic mass is 19.1. The van der Waals surface area contributed by atoms with Gasteiger partial charge >= 0.3 is 0 Å². The lowest BCUT2D eigenvalue weighted by atomic mass is 10.3. The van der Waals surface area contributed by atoms with E-state index in [1.54, 1.807) is 6.07 Å². The van der Waals surface area contributed by atoms with Gasteiger partial charge in [0.15, 0.2) is 0 Å². The molecule has 0 radical (unpaired) electrons. The Hall–Kier alpha value is -1.92. The standard InChI is InChI=1S/C13H15FN2O3/c14-10-1-3-13(4-2-10)18-9-12(17)8-15-7-11-5-6-19-16-11/h1-6,12,15,17H,7-9H2. The Kier molecular flexibility index (Phi) is 4.88. The second-order valence-electron chi connectivity index (χ2n) is 4.04. The monoisotopic (exact) mass is 266 g/mol. The lowest BCUT2D eigenvalue weighted by molar-refractivity contribution is 0.106. The first-order valence-corrected chi connectivity index (χ1v) is 5.90. The summed E-state index contributed by atoms with van der Waals surface area (Å²) in [7, 11) is 0. The smallest absolute Gasteiger partial charge is 0.124 e. The van der Waals surface area contributed by atoms with Gasteiger partial charge in [0.05, 0.1) is 5.69 Å². The van der Waals surface area contributed by atoms with Crippen molar-refractivity contribution in [3.05, 3.63) is 48.1 Å². The summed E-state index contributed by atoms with van der Waals surface area (Å²) in [4.78, 5) is 0. The average Bonchev–Trinajstić information content (AvgIpc) is 2.91. The number of aliphatic hydroxyl groups excluding tert-OH is 1. The van der Waals surface area contributed by atoms with Crippen LogP contribution >= 0.6 is 0 Å². The first kappa shape index (κ1) is 13.5. The van der Waals surface area contributed by atoms with E-state index in [1.807, 2.05) is 0 Å². The molecule has 0 spiro atoms. The van der Waals surface area contributed by atoms with E-state index < -0.39 is 6.10 Å². The van der Waals surface area contributed by atoms with Crippen molar-refractivity contribution in [1.29, 1.82) is 0 Å². The van der Waals surface area contributed by atoms with Gasteiger partial charge in [-0.3, -0.25) is 0 Å². The van der Waals surface area contributed by atoms with E-state index in [0.717, 1.165) is 5.69 Å². The fourth-order valence-electron chi connectivity index (χ4n) is 1.48. The van der Waals surface area contributed by atoms with Gasteiger partial charge in [0, 0.05) is 19.2 Å². The minimum Gasteiger partial charge on any atom is -0.491 e. The number of benzene rings is 1. The molecule has 0 fully saturated rings. The van der Waals surface area contributed by atoms with Gasteiger partial charge in [0.1, 0.15) is 30.5 Å². The molecule has 1 aromatic heterocycles. The minimum absolute atomic E-state index is 0.136. The van der Waals surface area contributed by atoms with Crippen LogP contribution in [0.5, 0.6) is 5.75 Å². The van der Waals surface area contributed by atoms with Crippen LogP contribution in [-0.4, -0.2) is 29.5 Å². The molecule has 1 unspecified atom stereocenters. The molecule has 0 saturated carbocycles. The summed E-state index contributed by atoms with van der Waals surface area (Å²) in [5.41, 5.74) is 0.770. The van der Waals surface area contributed by atoms with Crippen LogP contribution in [0.15, 0.2) is 41.1 Å². The molecule has 2 rings (SSSR count). The second-order valence-corrected chi connectivity index (χ2v) is 4.04.